The summed E-state index contributed by atoms with van der Waals surface area (Å²) in [6.45, 7) is 13.8. The number of nitrogens with zero attached hydrogens (tertiary/aromatic N) is 1. The van der Waals surface area contributed by atoms with E-state index >= 15 is 0 Å². The van der Waals surface area contributed by atoms with Crippen LogP contribution in [0.25, 0.3) is 0 Å². The van der Waals surface area contributed by atoms with E-state index in [1.165, 1.54) is 11.1 Å². The van der Waals surface area contributed by atoms with Crippen LogP contribution in [0.1, 0.15) is 53.4 Å². The van der Waals surface area contributed by atoms with E-state index in [1.807, 2.05) is 13.0 Å². The van der Waals surface area contributed by atoms with E-state index < -0.39 is 0 Å². The molecule has 0 N–H and O–H groups in total. The molecule has 0 saturated carbocycles. The second-order valence-corrected chi connectivity index (χ2v) is 6.23. The maximum atomic E-state index is 12.0. The van der Waals surface area contributed by atoms with Crippen molar-refractivity contribution >= 4 is 18.2 Å². The van der Waals surface area contributed by atoms with Crippen LogP contribution in [0.4, 0.5) is 0 Å². The summed E-state index contributed by atoms with van der Waals surface area (Å²) in [4.78, 5) is 14.2. The van der Waals surface area contributed by atoms with E-state index in [0.717, 1.165) is 37.9 Å². The molecule has 0 spiro atoms. The van der Waals surface area contributed by atoms with Gasteiger partial charge in [0.15, 0.2) is 5.78 Å². The van der Waals surface area contributed by atoms with Crippen LogP contribution in [0.3, 0.4) is 0 Å². The summed E-state index contributed by atoms with van der Waals surface area (Å²) in [7, 11) is 2.08. The van der Waals surface area contributed by atoms with Crippen LogP contribution in [0.2, 0.25) is 0 Å². The quantitative estimate of drug-likeness (QED) is 0.365. The van der Waals surface area contributed by atoms with Gasteiger partial charge in [-0.2, -0.15) is 0 Å². The highest BCUT2D eigenvalue weighted by Gasteiger charge is 2.02. The number of carbonyl (C=O) groups excluding carboxylic acids is 1. The molecule has 2 nitrogen and oxygen atoms in total. The topological polar surface area (TPSA) is 20.3 Å². The Labute approximate surface area is 149 Å². The van der Waals surface area contributed by atoms with Gasteiger partial charge < -0.3 is 0 Å². The molecule has 0 heterocycles. The molecule has 0 saturated heterocycles. The van der Waals surface area contributed by atoms with Crippen molar-refractivity contribution in [3.63, 3.8) is 0 Å². The number of halogens is 1. The minimum atomic E-state index is 0. The van der Waals surface area contributed by atoms with Gasteiger partial charge in [0.25, 0.3) is 0 Å². The number of Topliss-reactive ketones (excluding diaryl/α,β-unsaturated/α-hetero) is 1. The molecule has 0 rings (SSSR count). The third-order valence-electron chi connectivity index (χ3n) is 3.55. The molecule has 0 aliphatic heterocycles. The van der Waals surface area contributed by atoms with Crippen molar-refractivity contribution in [1.29, 1.82) is 0 Å². The van der Waals surface area contributed by atoms with Crippen molar-refractivity contribution in [2.24, 2.45) is 0 Å². The van der Waals surface area contributed by atoms with Gasteiger partial charge in [-0.1, -0.05) is 35.5 Å². The minimum Gasteiger partial charge on any atom is -0.299 e. The molecule has 0 bridgehead atoms. The van der Waals surface area contributed by atoms with Gasteiger partial charge in [-0.15, -0.1) is 19.0 Å². The number of allylic oxidation sites excluding steroid dienone is 5. The first-order chi connectivity index (χ1) is 10.4. The van der Waals surface area contributed by atoms with Crippen LogP contribution < -0.4 is 0 Å². The maximum absolute atomic E-state index is 12.0. The van der Waals surface area contributed by atoms with Gasteiger partial charge in [0.1, 0.15) is 0 Å². The Bertz CT molecular complexity index is 443. The predicted molar refractivity (Wildman–Crippen MR) is 105 cm³/mol. The second kappa shape index (κ2) is 14.5. The number of likely N-dealkylation sites (N-methyl/N-ethyl adjacent to an activating group) is 1. The Morgan fingerprint density at radius 2 is 1.57 bits per heavy atom. The molecule has 0 aliphatic carbocycles. The molecule has 0 aromatic carbocycles. The third-order valence-corrected chi connectivity index (χ3v) is 3.55. The van der Waals surface area contributed by atoms with E-state index in [0.29, 0.717) is 6.42 Å². The number of hydrogen-bond acceptors (Lipinski definition) is 2. The fourth-order valence-corrected chi connectivity index (χ4v) is 2.03. The fraction of sp³-hybridized carbons (Fsp3) is 0.550. The average Bonchev–Trinajstić information content (AvgIpc) is 2.44. The smallest absolute Gasteiger partial charge is 0.158 e. The Morgan fingerprint density at radius 1 is 0.957 bits per heavy atom. The summed E-state index contributed by atoms with van der Waals surface area (Å²) in [5.41, 5.74) is 3.55. The number of rotatable bonds is 11. The molecule has 0 aromatic rings. The van der Waals surface area contributed by atoms with Crippen molar-refractivity contribution in [3.05, 3.63) is 47.6 Å². The monoisotopic (exact) mass is 339 g/mol. The summed E-state index contributed by atoms with van der Waals surface area (Å²) in [5, 5.41) is 0. The van der Waals surface area contributed by atoms with Crippen LogP contribution in [-0.2, 0) is 4.79 Å². The van der Waals surface area contributed by atoms with Gasteiger partial charge in [0, 0.05) is 19.5 Å². The summed E-state index contributed by atoms with van der Waals surface area (Å²) < 4.78 is 0. The molecule has 0 fully saturated rings. The zero-order valence-electron chi connectivity index (χ0n) is 15.5. The van der Waals surface area contributed by atoms with Crippen LogP contribution in [0.5, 0.6) is 0 Å². The zero-order chi connectivity index (χ0) is 17.0. The number of hydrogen-bond donors (Lipinski definition) is 0. The lowest BCUT2D eigenvalue weighted by Crippen LogP contribution is -2.18. The Morgan fingerprint density at radius 3 is 2.13 bits per heavy atom. The van der Waals surface area contributed by atoms with Gasteiger partial charge >= 0.3 is 0 Å². The van der Waals surface area contributed by atoms with Crippen molar-refractivity contribution in [2.45, 2.75) is 53.4 Å². The first-order valence-corrected chi connectivity index (χ1v) is 8.15. The molecule has 0 aliphatic rings. The van der Waals surface area contributed by atoms with Gasteiger partial charge in [-0.05, 0) is 59.6 Å². The van der Waals surface area contributed by atoms with E-state index in [4.69, 9.17) is 0 Å². The lowest BCUT2D eigenvalue weighted by molar-refractivity contribution is -0.115. The van der Waals surface area contributed by atoms with Crippen molar-refractivity contribution in [1.82, 2.24) is 4.90 Å². The van der Waals surface area contributed by atoms with E-state index in [1.54, 1.807) is 0 Å². The standard InChI is InChI=1S/C20H33NO.ClH/c1-7-15-21(6)16-14-18(4)11-9-12-19(5)20(22)13-8-10-17(2)3;/h7,10,12,14H,1,8-9,11,13,15-16H2,2-6H3;1H. The molecule has 0 amide bonds. The van der Waals surface area contributed by atoms with E-state index in [2.05, 4.69) is 57.5 Å². The Balaban J connectivity index is 0. The van der Waals surface area contributed by atoms with Crippen LogP contribution in [0, 0.1) is 0 Å². The van der Waals surface area contributed by atoms with Crippen LogP contribution >= 0.6 is 12.4 Å². The van der Waals surface area contributed by atoms with Gasteiger partial charge in [-0.25, -0.2) is 0 Å². The highest BCUT2D eigenvalue weighted by Crippen LogP contribution is 2.10. The van der Waals surface area contributed by atoms with Crippen LogP contribution in [0.15, 0.2) is 47.6 Å². The largest absolute Gasteiger partial charge is 0.299 e. The fourth-order valence-electron chi connectivity index (χ4n) is 2.03. The van der Waals surface area contributed by atoms with E-state index in [9.17, 15) is 4.79 Å². The second-order valence-electron chi connectivity index (χ2n) is 6.23. The van der Waals surface area contributed by atoms with Gasteiger partial charge in [0.2, 0.25) is 0 Å². The van der Waals surface area contributed by atoms with E-state index in [-0.39, 0.29) is 18.2 Å². The normalized spacial score (nSPS) is 11.9. The maximum Gasteiger partial charge on any atom is 0.158 e. The highest BCUT2D eigenvalue weighted by molar-refractivity contribution is 5.94. The SMILES string of the molecule is C=CCN(C)CC=C(C)CCC=C(C)C(=O)CCC=C(C)C.Cl. The molecule has 23 heavy (non-hydrogen) atoms. The molecule has 0 unspecified atom stereocenters. The zero-order valence-corrected chi connectivity index (χ0v) is 16.3. The van der Waals surface area contributed by atoms with Gasteiger partial charge in [0.05, 0.1) is 0 Å². The average molecular weight is 340 g/mol. The minimum absolute atomic E-state index is 0. The van der Waals surface area contributed by atoms with Crippen molar-refractivity contribution < 1.29 is 4.79 Å². The Kier molecular flexibility index (Phi) is 15.2. The summed E-state index contributed by atoms with van der Waals surface area (Å²) in [6.07, 6.45) is 11.8. The molecule has 0 radical (unpaired) electrons. The molecular formula is C20H34ClNO. The van der Waals surface area contributed by atoms with Crippen molar-refractivity contribution in [2.75, 3.05) is 20.1 Å². The lowest BCUT2D eigenvalue weighted by atomic mass is 10.0. The third kappa shape index (κ3) is 14.2. The molecule has 132 valence electrons. The molecule has 0 atom stereocenters. The highest BCUT2D eigenvalue weighted by atomic mass is 35.5. The van der Waals surface area contributed by atoms with Crippen LogP contribution in [-0.4, -0.2) is 30.8 Å². The van der Waals surface area contributed by atoms with Crippen molar-refractivity contribution in [3.8, 4) is 0 Å². The Hall–Kier alpha value is -1.12. The first-order valence-electron chi connectivity index (χ1n) is 8.15. The first kappa shape index (κ1) is 24.1. The summed E-state index contributed by atoms with van der Waals surface area (Å²) in [6, 6.07) is 0. The summed E-state index contributed by atoms with van der Waals surface area (Å²) >= 11 is 0. The van der Waals surface area contributed by atoms with Gasteiger partial charge in [-0.3, -0.25) is 9.69 Å². The predicted octanol–water partition coefficient (Wildman–Crippen LogP) is 5.51. The number of carbonyl (C=O) groups is 1. The molecule has 0 aromatic heterocycles. The molecular weight excluding hydrogens is 306 g/mol. The lowest BCUT2D eigenvalue weighted by Gasteiger charge is -2.11. The molecule has 3 heteroatoms. The number of ketones is 1. The summed E-state index contributed by atoms with van der Waals surface area (Å²) in [5.74, 6) is 0.268.